The molecule has 0 saturated carbocycles. The molecule has 0 amide bonds. The molecule has 0 bridgehead atoms. The summed E-state index contributed by atoms with van der Waals surface area (Å²) in [5.74, 6) is 0. The molecule has 1 aliphatic rings. The van der Waals surface area contributed by atoms with Crippen LogP contribution in [0.4, 0.5) is 0 Å². The van der Waals surface area contributed by atoms with Crippen LogP contribution in [0.25, 0.3) is 0 Å². The Morgan fingerprint density at radius 3 is 2.87 bits per heavy atom. The van der Waals surface area contributed by atoms with E-state index in [9.17, 15) is 0 Å². The first kappa shape index (κ1) is 13.3. The minimum Gasteiger partial charge on any atom is -0.310 e. The van der Waals surface area contributed by atoms with E-state index in [2.05, 4.69) is 29.2 Å². The predicted molar refractivity (Wildman–Crippen MR) is 66.6 cm³/mol. The fourth-order valence-electron chi connectivity index (χ4n) is 1.72. The molecule has 0 radical (unpaired) electrons. The molecule has 0 aromatic heterocycles. The van der Waals surface area contributed by atoms with E-state index in [-0.39, 0.29) is 0 Å². The fraction of sp³-hybridized carbons (Fsp3) is 0.800. The van der Waals surface area contributed by atoms with Crippen LogP contribution in [0.5, 0.6) is 0 Å². The molecule has 1 atom stereocenters. The van der Waals surface area contributed by atoms with E-state index < -0.39 is 0 Å². The summed E-state index contributed by atoms with van der Waals surface area (Å²) in [7, 11) is 4.32. The first-order valence-electron chi connectivity index (χ1n) is 5.17. The highest BCUT2D eigenvalue weighted by atomic mass is 35.5. The van der Waals surface area contributed by atoms with E-state index in [1.165, 1.54) is 5.54 Å². The van der Waals surface area contributed by atoms with Gasteiger partial charge < -0.3 is 10.2 Å². The highest BCUT2D eigenvalue weighted by Crippen LogP contribution is 2.05. The van der Waals surface area contributed by atoms with Crippen molar-refractivity contribution in [2.75, 3.05) is 46.8 Å². The number of rotatable bonds is 4. The van der Waals surface area contributed by atoms with Gasteiger partial charge in [-0.3, -0.25) is 4.90 Å². The van der Waals surface area contributed by atoms with Crippen LogP contribution < -0.4 is 5.32 Å². The molecule has 1 unspecified atom stereocenters. The van der Waals surface area contributed by atoms with Crippen LogP contribution in [-0.4, -0.2) is 62.7 Å². The van der Waals surface area contributed by atoms with Crippen LogP contribution >= 0.6 is 23.2 Å². The Bertz CT molecular complexity index is 221. The zero-order chi connectivity index (χ0) is 11.3. The number of nitrogens with zero attached hydrogens (tertiary/aromatic N) is 2. The van der Waals surface area contributed by atoms with Crippen LogP contribution in [0.15, 0.2) is 10.6 Å². The molecular formula is C10H19Cl2N3. The van der Waals surface area contributed by atoms with Gasteiger partial charge in [0.05, 0.1) is 0 Å². The number of piperazine rings is 1. The largest absolute Gasteiger partial charge is 0.310 e. The van der Waals surface area contributed by atoms with Crippen molar-refractivity contribution < 1.29 is 0 Å². The summed E-state index contributed by atoms with van der Waals surface area (Å²) >= 11 is 11.3. The van der Waals surface area contributed by atoms with Gasteiger partial charge in [-0.1, -0.05) is 23.2 Å². The standard InChI is InChI=1S/C10H19Cl2N3/c1-14-3-4-15(2)10(8-14)7-13-6-9(12)5-11/h5,10,13H,3-4,6-8H2,1-2H3. The molecule has 0 aliphatic carbocycles. The Hall–Kier alpha value is 0.200. The number of hydrogen-bond acceptors (Lipinski definition) is 3. The van der Waals surface area contributed by atoms with Gasteiger partial charge in [0, 0.05) is 49.3 Å². The minimum atomic E-state index is 0.559. The van der Waals surface area contributed by atoms with Crippen LogP contribution in [-0.2, 0) is 0 Å². The van der Waals surface area contributed by atoms with Gasteiger partial charge in [0.2, 0.25) is 0 Å². The van der Waals surface area contributed by atoms with E-state index in [4.69, 9.17) is 23.2 Å². The van der Waals surface area contributed by atoms with Crippen LogP contribution in [0.2, 0.25) is 0 Å². The van der Waals surface area contributed by atoms with Crippen LogP contribution in [0, 0.1) is 0 Å². The van der Waals surface area contributed by atoms with E-state index in [1.807, 2.05) is 0 Å². The lowest BCUT2D eigenvalue weighted by Crippen LogP contribution is -2.53. The maximum absolute atomic E-state index is 5.79. The normalized spacial score (nSPS) is 25.9. The Morgan fingerprint density at radius 2 is 2.20 bits per heavy atom. The van der Waals surface area contributed by atoms with Crippen molar-refractivity contribution in [1.82, 2.24) is 15.1 Å². The second-order valence-electron chi connectivity index (χ2n) is 4.08. The van der Waals surface area contributed by atoms with E-state index in [0.29, 0.717) is 17.6 Å². The maximum atomic E-state index is 5.79. The van der Waals surface area contributed by atoms with Gasteiger partial charge in [0.15, 0.2) is 0 Å². The quantitative estimate of drug-likeness (QED) is 0.809. The molecule has 0 aromatic carbocycles. The second-order valence-corrected chi connectivity index (χ2v) is 4.79. The second kappa shape index (κ2) is 6.71. The lowest BCUT2D eigenvalue weighted by Gasteiger charge is -2.37. The average Bonchev–Trinajstić information content (AvgIpc) is 2.23. The number of halogens is 2. The first-order valence-corrected chi connectivity index (χ1v) is 5.99. The van der Waals surface area contributed by atoms with Gasteiger partial charge in [-0.25, -0.2) is 0 Å². The summed E-state index contributed by atoms with van der Waals surface area (Å²) in [5.41, 5.74) is 1.41. The van der Waals surface area contributed by atoms with Gasteiger partial charge in [0.25, 0.3) is 0 Å². The third-order valence-electron chi connectivity index (χ3n) is 2.77. The molecule has 1 N–H and O–H groups in total. The molecule has 1 saturated heterocycles. The molecular weight excluding hydrogens is 233 g/mol. The molecule has 1 heterocycles. The lowest BCUT2D eigenvalue weighted by molar-refractivity contribution is 0.114. The molecule has 1 rings (SSSR count). The first-order chi connectivity index (χ1) is 7.13. The van der Waals surface area contributed by atoms with Crippen molar-refractivity contribution in [3.63, 3.8) is 0 Å². The average molecular weight is 252 g/mol. The highest BCUT2D eigenvalue weighted by molar-refractivity contribution is 6.36. The van der Waals surface area contributed by atoms with Crippen molar-refractivity contribution >= 4 is 23.2 Å². The van der Waals surface area contributed by atoms with Gasteiger partial charge >= 0.3 is 0 Å². The predicted octanol–water partition coefficient (Wildman–Crippen LogP) is 1.14. The number of likely N-dealkylation sites (N-methyl/N-ethyl adjacent to an activating group) is 2. The molecule has 15 heavy (non-hydrogen) atoms. The van der Waals surface area contributed by atoms with Crippen molar-refractivity contribution in [2.45, 2.75) is 6.04 Å². The summed E-state index contributed by atoms with van der Waals surface area (Å²) in [5, 5.41) is 3.96. The summed E-state index contributed by atoms with van der Waals surface area (Å²) < 4.78 is 0. The highest BCUT2D eigenvalue weighted by Gasteiger charge is 2.21. The number of hydrogen-bond donors (Lipinski definition) is 1. The smallest absolute Gasteiger partial charge is 0.0431 e. The van der Waals surface area contributed by atoms with Gasteiger partial charge in [-0.05, 0) is 14.1 Å². The zero-order valence-electron chi connectivity index (χ0n) is 9.34. The summed E-state index contributed by atoms with van der Waals surface area (Å²) in [6.45, 7) is 4.98. The van der Waals surface area contributed by atoms with E-state index >= 15 is 0 Å². The Morgan fingerprint density at radius 1 is 1.47 bits per heavy atom. The van der Waals surface area contributed by atoms with E-state index in [1.54, 1.807) is 0 Å². The zero-order valence-corrected chi connectivity index (χ0v) is 10.9. The monoisotopic (exact) mass is 251 g/mol. The Balaban J connectivity index is 2.24. The minimum absolute atomic E-state index is 0.559. The topological polar surface area (TPSA) is 18.5 Å². The van der Waals surface area contributed by atoms with Gasteiger partial charge in [-0.2, -0.15) is 0 Å². The fourth-order valence-corrected chi connectivity index (χ4v) is 1.89. The third-order valence-corrected chi connectivity index (χ3v) is 3.39. The number of nitrogens with one attached hydrogen (secondary N) is 1. The molecule has 5 heteroatoms. The maximum Gasteiger partial charge on any atom is 0.0431 e. The van der Waals surface area contributed by atoms with Crippen LogP contribution in [0.3, 0.4) is 0 Å². The SMILES string of the molecule is CN1CCN(C)C(CNCC(Cl)=CCl)C1. The van der Waals surface area contributed by atoms with Gasteiger partial charge in [0.1, 0.15) is 0 Å². The van der Waals surface area contributed by atoms with Crippen molar-refractivity contribution in [1.29, 1.82) is 0 Å². The summed E-state index contributed by atoms with van der Waals surface area (Å²) in [6.07, 6.45) is 0. The van der Waals surface area contributed by atoms with Gasteiger partial charge in [-0.15, -0.1) is 0 Å². The van der Waals surface area contributed by atoms with Crippen LogP contribution in [0.1, 0.15) is 0 Å². The van der Waals surface area contributed by atoms with Crippen molar-refractivity contribution in [3.8, 4) is 0 Å². The molecule has 88 valence electrons. The molecule has 1 aliphatic heterocycles. The third kappa shape index (κ3) is 4.70. The molecule has 1 fully saturated rings. The summed E-state index contributed by atoms with van der Waals surface area (Å²) in [6, 6.07) is 0.559. The molecule has 0 spiro atoms. The molecule has 3 nitrogen and oxygen atoms in total. The Labute approximate surface area is 102 Å². The van der Waals surface area contributed by atoms with Crippen molar-refractivity contribution in [3.05, 3.63) is 10.6 Å². The summed E-state index contributed by atoms with van der Waals surface area (Å²) in [4.78, 5) is 4.73. The molecule has 0 aromatic rings. The lowest BCUT2D eigenvalue weighted by atomic mass is 10.2. The van der Waals surface area contributed by atoms with E-state index in [0.717, 1.165) is 26.2 Å². The Kier molecular flexibility index (Phi) is 5.94. The van der Waals surface area contributed by atoms with Crippen molar-refractivity contribution in [2.24, 2.45) is 0 Å².